The quantitative estimate of drug-likeness (QED) is 0.879. The molecule has 8 heteroatoms. The summed E-state index contributed by atoms with van der Waals surface area (Å²) in [5, 5.41) is 7.77. The molecule has 1 aliphatic heterocycles. The van der Waals surface area contributed by atoms with Crippen LogP contribution in [-0.4, -0.2) is 33.8 Å². The molecule has 7 nitrogen and oxygen atoms in total. The average molecular weight is 306 g/mol. The van der Waals surface area contributed by atoms with Crippen LogP contribution in [0.4, 0.5) is 10.9 Å². The molecule has 1 fully saturated rings. The number of rotatable bonds is 4. The van der Waals surface area contributed by atoms with Crippen LogP contribution in [0.25, 0.3) is 0 Å². The van der Waals surface area contributed by atoms with Gasteiger partial charge in [-0.25, -0.2) is 4.98 Å². The van der Waals surface area contributed by atoms with Gasteiger partial charge in [0.2, 0.25) is 0 Å². The van der Waals surface area contributed by atoms with E-state index in [2.05, 4.69) is 20.3 Å². The van der Waals surface area contributed by atoms with Gasteiger partial charge in [0, 0.05) is 26.3 Å². The average Bonchev–Trinajstić information content (AvgIpc) is 3.16. The Kier molecular flexibility index (Phi) is 3.78. The van der Waals surface area contributed by atoms with Crippen molar-refractivity contribution in [3.05, 3.63) is 22.8 Å². The lowest BCUT2D eigenvalue weighted by Crippen LogP contribution is -2.24. The molecule has 1 aliphatic rings. The van der Waals surface area contributed by atoms with Crippen molar-refractivity contribution in [1.82, 2.24) is 20.1 Å². The number of nitrogens with one attached hydrogen (secondary N) is 1. The normalized spacial score (nSPS) is 14.6. The fourth-order valence-corrected chi connectivity index (χ4v) is 3.31. The number of carbonyl (C=O) groups excluding carboxylic acids is 1. The zero-order chi connectivity index (χ0) is 14.8. The lowest BCUT2D eigenvalue weighted by Gasteiger charge is -2.11. The van der Waals surface area contributed by atoms with E-state index in [0.717, 1.165) is 23.9 Å². The van der Waals surface area contributed by atoms with Gasteiger partial charge in [-0.3, -0.25) is 9.48 Å². The summed E-state index contributed by atoms with van der Waals surface area (Å²) in [6, 6.07) is 1.87. The molecule has 1 saturated heterocycles. The van der Waals surface area contributed by atoms with Gasteiger partial charge in [0.05, 0.1) is 12.2 Å². The predicted octanol–water partition coefficient (Wildman–Crippen LogP) is 0.989. The molecule has 0 radical (unpaired) electrons. The minimum absolute atomic E-state index is 0.184. The summed E-state index contributed by atoms with van der Waals surface area (Å²) in [6.45, 7) is 2.40. The highest BCUT2D eigenvalue weighted by Gasteiger charge is 2.21. The van der Waals surface area contributed by atoms with Gasteiger partial charge < -0.3 is 16.0 Å². The first-order chi connectivity index (χ1) is 10.1. The smallest absolute Gasteiger partial charge is 0.265 e. The molecule has 21 heavy (non-hydrogen) atoms. The number of hydrogen-bond acceptors (Lipinski definition) is 6. The molecule has 2 aromatic heterocycles. The van der Waals surface area contributed by atoms with Crippen molar-refractivity contribution >= 4 is 28.2 Å². The van der Waals surface area contributed by atoms with Gasteiger partial charge in [0.1, 0.15) is 10.7 Å². The topological polar surface area (TPSA) is 89.1 Å². The van der Waals surface area contributed by atoms with Crippen molar-refractivity contribution in [1.29, 1.82) is 0 Å². The van der Waals surface area contributed by atoms with Crippen molar-refractivity contribution in [3.63, 3.8) is 0 Å². The third kappa shape index (κ3) is 2.85. The van der Waals surface area contributed by atoms with Gasteiger partial charge in [-0.1, -0.05) is 11.3 Å². The maximum atomic E-state index is 12.2. The second-order valence-corrected chi connectivity index (χ2v) is 6.01. The summed E-state index contributed by atoms with van der Waals surface area (Å²) in [4.78, 5) is 19.2. The van der Waals surface area contributed by atoms with Crippen LogP contribution < -0.4 is 16.0 Å². The van der Waals surface area contributed by atoms with Crippen LogP contribution in [0, 0.1) is 0 Å². The van der Waals surface area contributed by atoms with E-state index in [1.54, 1.807) is 10.9 Å². The number of nitrogen functional groups attached to an aromatic ring is 1. The lowest BCUT2D eigenvalue weighted by molar-refractivity contribution is 0.0955. The van der Waals surface area contributed by atoms with Gasteiger partial charge in [-0.05, 0) is 18.9 Å². The van der Waals surface area contributed by atoms with Crippen molar-refractivity contribution in [2.75, 3.05) is 23.7 Å². The van der Waals surface area contributed by atoms with Crippen LogP contribution in [0.15, 0.2) is 12.3 Å². The Balaban J connectivity index is 1.68. The van der Waals surface area contributed by atoms with E-state index >= 15 is 0 Å². The van der Waals surface area contributed by atoms with E-state index in [1.807, 2.05) is 13.1 Å². The van der Waals surface area contributed by atoms with E-state index in [-0.39, 0.29) is 5.91 Å². The summed E-state index contributed by atoms with van der Waals surface area (Å²) in [5.74, 6) is 0.126. The SMILES string of the molecule is Cn1nccc1CNC(=O)c1sc(N2CCCC2)nc1N. The van der Waals surface area contributed by atoms with Crippen LogP contribution in [0.3, 0.4) is 0 Å². The first-order valence-corrected chi connectivity index (χ1v) is 7.73. The zero-order valence-electron chi connectivity index (χ0n) is 11.9. The van der Waals surface area contributed by atoms with Gasteiger partial charge in [-0.2, -0.15) is 5.10 Å². The van der Waals surface area contributed by atoms with E-state index in [1.165, 1.54) is 24.2 Å². The first-order valence-electron chi connectivity index (χ1n) is 6.91. The van der Waals surface area contributed by atoms with Crippen molar-refractivity contribution in [3.8, 4) is 0 Å². The second-order valence-electron chi connectivity index (χ2n) is 5.03. The lowest BCUT2D eigenvalue weighted by atomic mass is 10.4. The Morgan fingerprint density at radius 3 is 2.90 bits per heavy atom. The molecular weight excluding hydrogens is 288 g/mol. The third-order valence-electron chi connectivity index (χ3n) is 3.58. The van der Waals surface area contributed by atoms with Crippen LogP contribution in [0.2, 0.25) is 0 Å². The van der Waals surface area contributed by atoms with E-state index in [9.17, 15) is 4.79 Å². The number of aromatic nitrogens is 3. The Morgan fingerprint density at radius 1 is 1.48 bits per heavy atom. The molecule has 0 spiro atoms. The molecule has 3 N–H and O–H groups in total. The molecule has 1 amide bonds. The molecule has 0 atom stereocenters. The maximum absolute atomic E-state index is 12.2. The number of aryl methyl sites for hydroxylation is 1. The van der Waals surface area contributed by atoms with Crippen LogP contribution >= 0.6 is 11.3 Å². The molecule has 0 aliphatic carbocycles. The van der Waals surface area contributed by atoms with Gasteiger partial charge in [-0.15, -0.1) is 0 Å². The second kappa shape index (κ2) is 5.72. The molecule has 112 valence electrons. The number of nitrogens with zero attached hydrogens (tertiary/aromatic N) is 4. The number of hydrogen-bond donors (Lipinski definition) is 2. The minimum Gasteiger partial charge on any atom is -0.382 e. The van der Waals surface area contributed by atoms with E-state index < -0.39 is 0 Å². The van der Waals surface area contributed by atoms with Crippen molar-refractivity contribution in [2.24, 2.45) is 7.05 Å². The number of carbonyl (C=O) groups is 1. The molecule has 0 aromatic carbocycles. The monoisotopic (exact) mass is 306 g/mol. The summed E-state index contributed by atoms with van der Waals surface area (Å²) < 4.78 is 1.73. The Hall–Kier alpha value is -2.09. The fraction of sp³-hybridized carbons (Fsp3) is 0.462. The zero-order valence-corrected chi connectivity index (χ0v) is 12.7. The standard InChI is InChI=1S/C13H18N6OS/c1-18-9(4-5-16-18)8-15-12(20)10-11(14)17-13(21-10)19-6-2-3-7-19/h4-5H,2-3,6-8,14H2,1H3,(H,15,20). The number of thiazole rings is 1. The van der Waals surface area contributed by atoms with Crippen molar-refractivity contribution in [2.45, 2.75) is 19.4 Å². The summed E-state index contributed by atoms with van der Waals surface area (Å²) >= 11 is 1.36. The maximum Gasteiger partial charge on any atom is 0.265 e. The number of anilines is 2. The molecule has 3 heterocycles. The largest absolute Gasteiger partial charge is 0.382 e. The molecule has 2 aromatic rings. The summed E-state index contributed by atoms with van der Waals surface area (Å²) in [6.07, 6.45) is 4.04. The van der Waals surface area contributed by atoms with Crippen LogP contribution in [0.5, 0.6) is 0 Å². The summed E-state index contributed by atoms with van der Waals surface area (Å²) in [5.41, 5.74) is 6.82. The van der Waals surface area contributed by atoms with Crippen LogP contribution in [-0.2, 0) is 13.6 Å². The first kappa shape index (κ1) is 13.9. The Bertz CT molecular complexity index is 643. The van der Waals surface area contributed by atoms with Crippen molar-refractivity contribution < 1.29 is 4.79 Å². The minimum atomic E-state index is -0.184. The van der Waals surface area contributed by atoms with Gasteiger partial charge >= 0.3 is 0 Å². The number of nitrogens with two attached hydrogens (primary N) is 1. The Morgan fingerprint density at radius 2 is 2.24 bits per heavy atom. The third-order valence-corrected chi connectivity index (χ3v) is 4.71. The van der Waals surface area contributed by atoms with Gasteiger partial charge in [0.25, 0.3) is 5.91 Å². The molecule has 3 rings (SSSR count). The highest BCUT2D eigenvalue weighted by molar-refractivity contribution is 7.18. The van der Waals surface area contributed by atoms with Crippen LogP contribution in [0.1, 0.15) is 28.2 Å². The molecule has 0 bridgehead atoms. The number of amides is 1. The van der Waals surface area contributed by atoms with E-state index in [0.29, 0.717) is 17.2 Å². The highest BCUT2D eigenvalue weighted by atomic mass is 32.1. The van der Waals surface area contributed by atoms with Gasteiger partial charge in [0.15, 0.2) is 5.13 Å². The fourth-order valence-electron chi connectivity index (χ4n) is 2.35. The highest BCUT2D eigenvalue weighted by Crippen LogP contribution is 2.30. The Labute approximate surface area is 126 Å². The summed E-state index contributed by atoms with van der Waals surface area (Å²) in [7, 11) is 1.84. The molecule has 0 unspecified atom stereocenters. The molecular formula is C13H18N6OS. The molecule has 0 saturated carbocycles. The van der Waals surface area contributed by atoms with E-state index in [4.69, 9.17) is 5.73 Å². The predicted molar refractivity (Wildman–Crippen MR) is 82.4 cm³/mol.